The Morgan fingerprint density at radius 3 is 1.47 bits per heavy atom. The van der Waals surface area contributed by atoms with Crippen molar-refractivity contribution >= 4 is 5.97 Å². The average molecular weight is 401 g/mol. The molecule has 0 spiro atoms. The molecule has 0 aliphatic rings. The van der Waals surface area contributed by atoms with Crippen LogP contribution in [-0.2, 0) is 17.3 Å². The second-order valence-corrected chi connectivity index (χ2v) is 9.98. The zero-order valence-electron chi connectivity index (χ0n) is 19.0. The number of hydrogen-bond donors (Lipinski definition) is 0. The Balaban J connectivity index is 1.62. The van der Waals surface area contributed by atoms with Gasteiger partial charge in [-0.3, -0.25) is 0 Å². The maximum atomic E-state index is 12.4. The largest absolute Gasteiger partial charge is 0.423 e. The highest BCUT2D eigenvalue weighted by Gasteiger charge is 2.15. The minimum Gasteiger partial charge on any atom is -0.423 e. The summed E-state index contributed by atoms with van der Waals surface area (Å²) in [5.41, 5.74) is 5.77. The van der Waals surface area contributed by atoms with Gasteiger partial charge < -0.3 is 4.74 Å². The van der Waals surface area contributed by atoms with Crippen LogP contribution >= 0.6 is 0 Å². The molecule has 30 heavy (non-hydrogen) atoms. The number of esters is 1. The molecule has 0 saturated carbocycles. The van der Waals surface area contributed by atoms with Crippen LogP contribution in [0.15, 0.2) is 72.8 Å². The fraction of sp³-hybridized carbons (Fsp3) is 0.321. The highest BCUT2D eigenvalue weighted by atomic mass is 16.5. The van der Waals surface area contributed by atoms with Crippen molar-refractivity contribution < 1.29 is 9.53 Å². The number of rotatable bonds is 4. The molecule has 0 bridgehead atoms. The van der Waals surface area contributed by atoms with E-state index in [1.54, 1.807) is 0 Å². The summed E-state index contributed by atoms with van der Waals surface area (Å²) in [5, 5.41) is 0. The topological polar surface area (TPSA) is 26.3 Å². The summed E-state index contributed by atoms with van der Waals surface area (Å²) in [7, 11) is 0. The number of benzene rings is 3. The molecule has 0 aromatic heterocycles. The second-order valence-electron chi connectivity index (χ2n) is 9.98. The van der Waals surface area contributed by atoms with Crippen LogP contribution in [-0.4, -0.2) is 5.97 Å². The van der Waals surface area contributed by atoms with Crippen LogP contribution in [0.3, 0.4) is 0 Å². The van der Waals surface area contributed by atoms with Gasteiger partial charge >= 0.3 is 5.97 Å². The fourth-order valence-electron chi connectivity index (χ4n) is 3.31. The van der Waals surface area contributed by atoms with Gasteiger partial charge in [-0.2, -0.15) is 0 Å². The lowest BCUT2D eigenvalue weighted by Crippen LogP contribution is -2.12. The van der Waals surface area contributed by atoms with Gasteiger partial charge in [-0.05, 0) is 63.8 Å². The Kier molecular flexibility index (Phi) is 6.17. The third kappa shape index (κ3) is 5.60. The Hall–Kier alpha value is -2.87. The molecule has 3 aromatic rings. The van der Waals surface area contributed by atoms with Crippen LogP contribution in [0.2, 0.25) is 0 Å². The Labute approximate surface area is 180 Å². The monoisotopic (exact) mass is 400 g/mol. The van der Waals surface area contributed by atoms with Gasteiger partial charge in [-0.15, -0.1) is 0 Å². The molecule has 3 aromatic carbocycles. The molecular formula is C28H32O2. The minimum absolute atomic E-state index is 0.0608. The maximum absolute atomic E-state index is 12.4. The van der Waals surface area contributed by atoms with E-state index in [0.29, 0.717) is 11.3 Å². The van der Waals surface area contributed by atoms with E-state index in [9.17, 15) is 4.79 Å². The van der Waals surface area contributed by atoms with Crippen LogP contribution in [0.1, 0.15) is 74.2 Å². The van der Waals surface area contributed by atoms with E-state index in [0.717, 1.165) is 6.42 Å². The van der Waals surface area contributed by atoms with E-state index >= 15 is 0 Å². The lowest BCUT2D eigenvalue weighted by atomic mass is 9.86. The van der Waals surface area contributed by atoms with Crippen molar-refractivity contribution in [2.24, 2.45) is 0 Å². The molecule has 0 N–H and O–H groups in total. The zero-order valence-corrected chi connectivity index (χ0v) is 19.0. The summed E-state index contributed by atoms with van der Waals surface area (Å²) in [5.74, 6) is 0.229. The van der Waals surface area contributed by atoms with Gasteiger partial charge in [0, 0.05) is 0 Å². The molecule has 2 nitrogen and oxygen atoms in total. The van der Waals surface area contributed by atoms with Crippen LogP contribution in [0.5, 0.6) is 5.75 Å². The Morgan fingerprint density at radius 1 is 0.633 bits per heavy atom. The number of hydrogen-bond acceptors (Lipinski definition) is 2. The first kappa shape index (κ1) is 21.8. The van der Waals surface area contributed by atoms with Gasteiger partial charge in [0.25, 0.3) is 0 Å². The smallest absolute Gasteiger partial charge is 0.343 e. The summed E-state index contributed by atoms with van der Waals surface area (Å²) in [6.45, 7) is 13.1. The molecule has 0 heterocycles. The average Bonchev–Trinajstić information content (AvgIpc) is 2.68. The van der Waals surface area contributed by atoms with Crippen molar-refractivity contribution in [1.29, 1.82) is 0 Å². The zero-order chi connectivity index (χ0) is 21.9. The molecule has 0 atom stereocenters. The maximum Gasteiger partial charge on any atom is 0.343 e. The fourth-order valence-corrected chi connectivity index (χ4v) is 3.31. The molecule has 0 saturated heterocycles. The number of carbonyl (C=O) groups excluding carboxylic acids is 1. The first-order chi connectivity index (χ1) is 14.0. The predicted molar refractivity (Wildman–Crippen MR) is 124 cm³/mol. The molecule has 0 fully saturated rings. The summed E-state index contributed by atoms with van der Waals surface area (Å²) >= 11 is 0. The van der Waals surface area contributed by atoms with Crippen molar-refractivity contribution in [2.45, 2.75) is 58.8 Å². The van der Waals surface area contributed by atoms with Gasteiger partial charge in [0.15, 0.2) is 0 Å². The summed E-state index contributed by atoms with van der Waals surface area (Å²) in [4.78, 5) is 12.4. The van der Waals surface area contributed by atoms with Crippen molar-refractivity contribution in [2.75, 3.05) is 0 Å². The normalized spacial score (nSPS) is 11.9. The molecule has 3 rings (SSSR count). The van der Waals surface area contributed by atoms with E-state index in [1.165, 1.54) is 22.3 Å². The van der Waals surface area contributed by atoms with Crippen molar-refractivity contribution in [1.82, 2.24) is 0 Å². The number of ether oxygens (including phenoxy) is 1. The molecule has 0 unspecified atom stereocenters. The van der Waals surface area contributed by atoms with Gasteiger partial charge in [0.1, 0.15) is 5.75 Å². The van der Waals surface area contributed by atoms with E-state index < -0.39 is 0 Å². The first-order valence-corrected chi connectivity index (χ1v) is 10.5. The Bertz CT molecular complexity index is 981. The molecular weight excluding hydrogens is 368 g/mol. The lowest BCUT2D eigenvalue weighted by molar-refractivity contribution is 0.0734. The molecule has 0 aliphatic heterocycles. The molecule has 0 amide bonds. The third-order valence-corrected chi connectivity index (χ3v) is 5.35. The van der Waals surface area contributed by atoms with E-state index in [2.05, 4.69) is 65.8 Å². The number of carbonyl (C=O) groups is 1. The molecule has 0 aliphatic carbocycles. The standard InChI is InChI=1S/C28H32O2/c1-27(2,3)23-13-7-20(8-14-23)19-21-9-17-25(18-10-21)30-26(29)22-11-15-24(16-12-22)28(4,5)6/h7-18H,19H2,1-6H3. The summed E-state index contributed by atoms with van der Waals surface area (Å²) in [6.07, 6.45) is 0.854. The van der Waals surface area contributed by atoms with Gasteiger partial charge in [-0.25, -0.2) is 4.79 Å². The SMILES string of the molecule is CC(C)(C)c1ccc(Cc2ccc(OC(=O)c3ccc(C(C)(C)C)cc3)cc2)cc1. The van der Waals surface area contributed by atoms with E-state index in [4.69, 9.17) is 4.74 Å². The first-order valence-electron chi connectivity index (χ1n) is 10.5. The minimum atomic E-state index is -0.332. The van der Waals surface area contributed by atoms with Crippen LogP contribution in [0.25, 0.3) is 0 Å². The van der Waals surface area contributed by atoms with Crippen molar-refractivity contribution in [3.63, 3.8) is 0 Å². The van der Waals surface area contributed by atoms with Crippen LogP contribution < -0.4 is 4.74 Å². The van der Waals surface area contributed by atoms with Crippen LogP contribution in [0, 0.1) is 0 Å². The van der Waals surface area contributed by atoms with Gasteiger partial charge in [0.2, 0.25) is 0 Å². The molecule has 0 radical (unpaired) electrons. The van der Waals surface area contributed by atoms with Gasteiger partial charge in [-0.1, -0.05) is 90.1 Å². The van der Waals surface area contributed by atoms with Crippen molar-refractivity contribution in [3.05, 3.63) is 101 Å². The van der Waals surface area contributed by atoms with Crippen molar-refractivity contribution in [3.8, 4) is 5.75 Å². The summed E-state index contributed by atoms with van der Waals surface area (Å²) < 4.78 is 5.55. The van der Waals surface area contributed by atoms with E-state index in [-0.39, 0.29) is 16.8 Å². The van der Waals surface area contributed by atoms with Gasteiger partial charge in [0.05, 0.1) is 5.56 Å². The van der Waals surface area contributed by atoms with E-state index in [1.807, 2.05) is 48.5 Å². The quantitative estimate of drug-likeness (QED) is 0.345. The highest BCUT2D eigenvalue weighted by Crippen LogP contribution is 2.24. The molecule has 2 heteroatoms. The summed E-state index contributed by atoms with van der Waals surface area (Å²) in [6, 6.07) is 24.2. The predicted octanol–water partition coefficient (Wildman–Crippen LogP) is 7.09. The Morgan fingerprint density at radius 2 is 1.03 bits per heavy atom. The van der Waals surface area contributed by atoms with Crippen LogP contribution in [0.4, 0.5) is 0 Å². The lowest BCUT2D eigenvalue weighted by Gasteiger charge is -2.19. The second kappa shape index (κ2) is 8.47. The molecule has 156 valence electrons. The highest BCUT2D eigenvalue weighted by molar-refractivity contribution is 5.91. The third-order valence-electron chi connectivity index (χ3n) is 5.35.